The van der Waals surface area contributed by atoms with Crippen molar-refractivity contribution >= 4 is 0 Å². The number of alkyl halides is 3. The zero-order valence-corrected chi connectivity index (χ0v) is 21.8. The van der Waals surface area contributed by atoms with Crippen LogP contribution in [0.15, 0.2) is 60.7 Å². The number of halogens is 3. The Morgan fingerprint density at radius 3 is 1.89 bits per heavy atom. The Bertz CT molecular complexity index is 950. The van der Waals surface area contributed by atoms with E-state index in [2.05, 4.69) is 26.0 Å². The quantitative estimate of drug-likeness (QED) is 0.313. The van der Waals surface area contributed by atoms with E-state index in [1.54, 1.807) is 0 Å². The largest absolute Gasteiger partial charge is 0.391 e. The van der Waals surface area contributed by atoms with Crippen LogP contribution >= 0.6 is 0 Å². The first-order valence-electron chi connectivity index (χ1n) is 13.9. The fraction of sp³-hybridized carbons (Fsp3) is 0.562. The first kappa shape index (κ1) is 27.0. The molecule has 0 heterocycles. The van der Waals surface area contributed by atoms with Crippen molar-refractivity contribution in [3.8, 4) is 0 Å². The van der Waals surface area contributed by atoms with Crippen LogP contribution in [0, 0.1) is 11.8 Å². The van der Waals surface area contributed by atoms with Gasteiger partial charge in [0.05, 0.1) is 6.61 Å². The minimum Gasteiger partial charge on any atom is -0.313 e. The van der Waals surface area contributed by atoms with E-state index in [1.165, 1.54) is 49.8 Å². The van der Waals surface area contributed by atoms with E-state index in [-0.39, 0.29) is 12.2 Å². The molecule has 1 atom stereocenters. The van der Waals surface area contributed by atoms with E-state index in [0.29, 0.717) is 23.3 Å². The molecule has 0 bridgehead atoms. The number of allylic oxidation sites excluding steroid dienone is 2. The topological polar surface area (TPSA) is 9.23 Å². The van der Waals surface area contributed by atoms with Gasteiger partial charge in [-0.1, -0.05) is 74.0 Å². The van der Waals surface area contributed by atoms with Gasteiger partial charge < -0.3 is 4.74 Å². The summed E-state index contributed by atoms with van der Waals surface area (Å²) in [7, 11) is 0. The number of rotatable bonds is 9. The summed E-state index contributed by atoms with van der Waals surface area (Å²) in [4.78, 5) is 0. The van der Waals surface area contributed by atoms with Crippen molar-refractivity contribution in [1.29, 1.82) is 0 Å². The standard InChI is InChI=1S/C32H41F3O/c1-3-5-24-8-14-27(15-9-24)28-16-10-25(11-17-28)22-36-32(34,35)31(33)30-20-18-29(19-21-30)26-12-6-23(4-2)7-13-26/h3,5,10-11,16-21,23-24,26-27,31H,4,6-9,12-15,22H2,1-2H3/b5-3+. The molecule has 36 heavy (non-hydrogen) atoms. The van der Waals surface area contributed by atoms with Crippen molar-refractivity contribution in [1.82, 2.24) is 0 Å². The van der Waals surface area contributed by atoms with Crippen LogP contribution in [0.1, 0.15) is 112 Å². The van der Waals surface area contributed by atoms with Crippen LogP contribution in [-0.4, -0.2) is 6.11 Å². The summed E-state index contributed by atoms with van der Waals surface area (Å²) in [5.74, 6) is 2.43. The lowest BCUT2D eigenvalue weighted by Gasteiger charge is -2.28. The Morgan fingerprint density at radius 1 is 0.833 bits per heavy atom. The molecule has 0 spiro atoms. The number of hydrogen-bond acceptors (Lipinski definition) is 1. The molecule has 4 rings (SSSR count). The summed E-state index contributed by atoms with van der Waals surface area (Å²) >= 11 is 0. The van der Waals surface area contributed by atoms with Crippen molar-refractivity contribution in [2.24, 2.45) is 11.8 Å². The van der Waals surface area contributed by atoms with Gasteiger partial charge in [0.2, 0.25) is 6.17 Å². The molecule has 0 aliphatic heterocycles. The lowest BCUT2D eigenvalue weighted by atomic mass is 9.78. The molecule has 2 fully saturated rings. The molecule has 4 heteroatoms. The average molecular weight is 499 g/mol. The third-order valence-electron chi connectivity index (χ3n) is 8.54. The minimum absolute atomic E-state index is 0.0325. The van der Waals surface area contributed by atoms with Gasteiger partial charge in [-0.3, -0.25) is 0 Å². The van der Waals surface area contributed by atoms with Crippen molar-refractivity contribution in [3.63, 3.8) is 0 Å². The third-order valence-corrected chi connectivity index (χ3v) is 8.54. The Balaban J connectivity index is 1.28. The minimum atomic E-state index is -3.88. The second-order valence-corrected chi connectivity index (χ2v) is 10.9. The van der Waals surface area contributed by atoms with Crippen LogP contribution in [0.2, 0.25) is 0 Å². The highest BCUT2D eigenvalue weighted by Gasteiger charge is 2.43. The molecule has 0 radical (unpaired) electrons. The molecule has 2 saturated carbocycles. The van der Waals surface area contributed by atoms with Crippen LogP contribution in [0.4, 0.5) is 13.2 Å². The fourth-order valence-corrected chi connectivity index (χ4v) is 6.09. The highest BCUT2D eigenvalue weighted by atomic mass is 19.3. The molecule has 0 saturated heterocycles. The monoisotopic (exact) mass is 498 g/mol. The Kier molecular flexibility index (Phi) is 9.33. The predicted molar refractivity (Wildman–Crippen MR) is 141 cm³/mol. The normalized spacial score (nSPS) is 26.2. The number of ether oxygens (including phenoxy) is 1. The zero-order valence-electron chi connectivity index (χ0n) is 21.8. The first-order chi connectivity index (χ1) is 17.4. The summed E-state index contributed by atoms with van der Waals surface area (Å²) in [5.41, 5.74) is 2.97. The molecule has 196 valence electrons. The molecule has 2 aromatic rings. The second-order valence-electron chi connectivity index (χ2n) is 10.9. The van der Waals surface area contributed by atoms with Gasteiger partial charge in [-0.05, 0) is 104 Å². The average Bonchev–Trinajstić information content (AvgIpc) is 2.93. The van der Waals surface area contributed by atoms with Crippen molar-refractivity contribution in [2.75, 3.05) is 0 Å². The molecular formula is C32H41F3O. The van der Waals surface area contributed by atoms with Gasteiger partial charge in [-0.2, -0.15) is 8.78 Å². The van der Waals surface area contributed by atoms with Crippen LogP contribution < -0.4 is 0 Å². The molecule has 0 amide bonds. The number of hydrogen-bond donors (Lipinski definition) is 0. The molecule has 0 N–H and O–H groups in total. The second kappa shape index (κ2) is 12.4. The summed E-state index contributed by atoms with van der Waals surface area (Å²) in [5, 5.41) is 0. The van der Waals surface area contributed by atoms with E-state index < -0.39 is 12.3 Å². The summed E-state index contributed by atoms with van der Waals surface area (Å²) < 4.78 is 48.8. The van der Waals surface area contributed by atoms with Gasteiger partial charge in [-0.15, -0.1) is 0 Å². The number of benzene rings is 2. The van der Waals surface area contributed by atoms with Crippen LogP contribution in [-0.2, 0) is 11.3 Å². The van der Waals surface area contributed by atoms with Gasteiger partial charge in [0, 0.05) is 0 Å². The Morgan fingerprint density at radius 2 is 1.36 bits per heavy atom. The maximum atomic E-state index is 14.8. The fourth-order valence-electron chi connectivity index (χ4n) is 6.09. The van der Waals surface area contributed by atoms with Crippen LogP contribution in [0.3, 0.4) is 0 Å². The Hall–Kier alpha value is -2.07. The van der Waals surface area contributed by atoms with Gasteiger partial charge in [0.15, 0.2) is 0 Å². The summed E-state index contributed by atoms with van der Waals surface area (Å²) in [6, 6.07) is 14.3. The van der Waals surface area contributed by atoms with Crippen molar-refractivity contribution < 1.29 is 17.9 Å². The van der Waals surface area contributed by atoms with E-state index in [0.717, 1.165) is 37.2 Å². The third kappa shape index (κ3) is 6.82. The van der Waals surface area contributed by atoms with Crippen molar-refractivity contribution in [2.45, 2.75) is 102 Å². The van der Waals surface area contributed by atoms with Crippen molar-refractivity contribution in [3.05, 3.63) is 82.9 Å². The highest BCUT2D eigenvalue weighted by Crippen LogP contribution is 2.40. The molecule has 0 aromatic heterocycles. The summed E-state index contributed by atoms with van der Waals surface area (Å²) in [6.07, 6.45) is 8.57. The Labute approximate surface area is 215 Å². The first-order valence-corrected chi connectivity index (χ1v) is 13.9. The van der Waals surface area contributed by atoms with E-state index in [1.807, 2.05) is 36.4 Å². The van der Waals surface area contributed by atoms with Gasteiger partial charge in [0.1, 0.15) is 0 Å². The smallest absolute Gasteiger partial charge is 0.313 e. The maximum absolute atomic E-state index is 14.8. The lowest BCUT2D eigenvalue weighted by Crippen LogP contribution is -2.27. The molecule has 2 aromatic carbocycles. The zero-order chi connectivity index (χ0) is 25.5. The molecule has 2 aliphatic rings. The van der Waals surface area contributed by atoms with Gasteiger partial charge in [0.25, 0.3) is 0 Å². The van der Waals surface area contributed by atoms with Gasteiger partial charge in [-0.25, -0.2) is 4.39 Å². The van der Waals surface area contributed by atoms with Gasteiger partial charge >= 0.3 is 6.11 Å². The van der Waals surface area contributed by atoms with E-state index in [9.17, 15) is 13.2 Å². The predicted octanol–water partition coefficient (Wildman–Crippen LogP) is 10.0. The maximum Gasteiger partial charge on any atom is 0.391 e. The highest BCUT2D eigenvalue weighted by molar-refractivity contribution is 5.28. The van der Waals surface area contributed by atoms with E-state index >= 15 is 0 Å². The SMILES string of the molecule is C/C=C/C1CCC(c2ccc(COC(F)(F)C(F)c3ccc(C4CCC(CC)CC4)cc3)cc2)CC1. The molecule has 1 nitrogen and oxygen atoms in total. The summed E-state index contributed by atoms with van der Waals surface area (Å²) in [6.45, 7) is 3.98. The van der Waals surface area contributed by atoms with Crippen LogP contribution in [0.5, 0.6) is 0 Å². The van der Waals surface area contributed by atoms with E-state index in [4.69, 9.17) is 4.74 Å². The van der Waals surface area contributed by atoms with Crippen LogP contribution in [0.25, 0.3) is 0 Å². The lowest BCUT2D eigenvalue weighted by molar-refractivity contribution is -0.282. The molecule has 2 aliphatic carbocycles. The molecular weight excluding hydrogens is 457 g/mol. The molecule has 1 unspecified atom stereocenters.